The monoisotopic (exact) mass is 409 g/mol. The van der Waals surface area contributed by atoms with Crippen molar-refractivity contribution in [3.8, 4) is 5.75 Å². The Labute approximate surface area is 178 Å². The molecular formula is C24H31N3O3. The minimum absolute atomic E-state index is 0.108. The number of carbonyl (C=O) groups is 1. The number of methoxy groups -OCH3 is 1. The van der Waals surface area contributed by atoms with Gasteiger partial charge in [-0.05, 0) is 42.2 Å². The normalized spacial score (nSPS) is 17.9. The van der Waals surface area contributed by atoms with Crippen LogP contribution in [0.1, 0.15) is 33.9 Å². The SMILES string of the molecule is COc1ccccc1C(=O)NC[C@@H](c1ccc2c(c1)CCCN2C)N1CCOCC1. The zero-order chi connectivity index (χ0) is 20.9. The molecule has 0 radical (unpaired) electrons. The lowest BCUT2D eigenvalue weighted by molar-refractivity contribution is 0.0162. The largest absolute Gasteiger partial charge is 0.496 e. The van der Waals surface area contributed by atoms with Crippen LogP contribution >= 0.6 is 0 Å². The topological polar surface area (TPSA) is 54.0 Å². The van der Waals surface area contributed by atoms with Crippen LogP contribution < -0.4 is 15.0 Å². The van der Waals surface area contributed by atoms with E-state index in [0.717, 1.165) is 39.3 Å². The molecule has 1 amide bonds. The molecule has 1 fully saturated rings. The molecule has 0 saturated carbocycles. The van der Waals surface area contributed by atoms with Gasteiger partial charge in [-0.3, -0.25) is 9.69 Å². The number of anilines is 1. The quantitative estimate of drug-likeness (QED) is 0.795. The number of hydrogen-bond acceptors (Lipinski definition) is 5. The van der Waals surface area contributed by atoms with Crippen LogP contribution in [0.25, 0.3) is 0 Å². The maximum Gasteiger partial charge on any atom is 0.255 e. The first-order valence-corrected chi connectivity index (χ1v) is 10.7. The van der Waals surface area contributed by atoms with Crippen LogP contribution in [0.15, 0.2) is 42.5 Å². The number of amides is 1. The molecule has 1 atom stereocenters. The van der Waals surface area contributed by atoms with Gasteiger partial charge in [0.25, 0.3) is 5.91 Å². The number of hydrogen-bond donors (Lipinski definition) is 1. The van der Waals surface area contributed by atoms with Crippen molar-refractivity contribution in [1.29, 1.82) is 0 Å². The van der Waals surface area contributed by atoms with Gasteiger partial charge in [0.05, 0.1) is 31.9 Å². The minimum Gasteiger partial charge on any atom is -0.496 e. The molecule has 0 aromatic heterocycles. The predicted octanol–water partition coefficient (Wildman–Crippen LogP) is 2.88. The summed E-state index contributed by atoms with van der Waals surface area (Å²) < 4.78 is 10.9. The lowest BCUT2D eigenvalue weighted by atomic mass is 9.95. The number of nitrogens with zero attached hydrogens (tertiary/aromatic N) is 2. The zero-order valence-electron chi connectivity index (χ0n) is 17.9. The number of rotatable bonds is 6. The van der Waals surface area contributed by atoms with Crippen LogP contribution in [0.2, 0.25) is 0 Å². The summed E-state index contributed by atoms with van der Waals surface area (Å²) in [5.41, 5.74) is 4.54. The molecule has 30 heavy (non-hydrogen) atoms. The average molecular weight is 410 g/mol. The highest BCUT2D eigenvalue weighted by molar-refractivity contribution is 5.96. The van der Waals surface area contributed by atoms with Crippen LogP contribution in [0.5, 0.6) is 5.75 Å². The lowest BCUT2D eigenvalue weighted by Crippen LogP contribution is -2.44. The summed E-state index contributed by atoms with van der Waals surface area (Å²) in [4.78, 5) is 17.6. The minimum atomic E-state index is -0.108. The van der Waals surface area contributed by atoms with E-state index >= 15 is 0 Å². The lowest BCUT2D eigenvalue weighted by Gasteiger charge is -2.36. The van der Waals surface area contributed by atoms with Crippen molar-refractivity contribution < 1.29 is 14.3 Å². The summed E-state index contributed by atoms with van der Waals surface area (Å²) >= 11 is 0. The average Bonchev–Trinajstić information content (AvgIpc) is 2.80. The molecule has 2 aliphatic heterocycles. The van der Waals surface area contributed by atoms with E-state index in [9.17, 15) is 4.79 Å². The van der Waals surface area contributed by atoms with Crippen molar-refractivity contribution in [1.82, 2.24) is 10.2 Å². The molecular weight excluding hydrogens is 378 g/mol. The summed E-state index contributed by atoms with van der Waals surface area (Å²) in [7, 11) is 3.75. The van der Waals surface area contributed by atoms with Crippen molar-refractivity contribution in [2.75, 3.05) is 58.5 Å². The summed E-state index contributed by atoms with van der Waals surface area (Å²) in [6.45, 7) is 4.84. The Kier molecular flexibility index (Phi) is 6.55. The molecule has 6 nitrogen and oxygen atoms in total. The van der Waals surface area contributed by atoms with E-state index in [4.69, 9.17) is 9.47 Å². The van der Waals surface area contributed by atoms with Crippen molar-refractivity contribution in [2.24, 2.45) is 0 Å². The second-order valence-corrected chi connectivity index (χ2v) is 7.99. The molecule has 2 aliphatic rings. The van der Waals surface area contributed by atoms with E-state index in [-0.39, 0.29) is 11.9 Å². The van der Waals surface area contributed by atoms with Crippen molar-refractivity contribution >= 4 is 11.6 Å². The van der Waals surface area contributed by atoms with Crippen LogP contribution in [-0.4, -0.2) is 64.4 Å². The Morgan fingerprint density at radius 1 is 1.17 bits per heavy atom. The van der Waals surface area contributed by atoms with E-state index in [1.165, 1.54) is 23.2 Å². The fourth-order valence-electron chi connectivity index (χ4n) is 4.48. The molecule has 2 aromatic rings. The molecule has 2 aromatic carbocycles. The maximum absolute atomic E-state index is 12.9. The number of fused-ring (bicyclic) bond motifs is 1. The Morgan fingerprint density at radius 2 is 1.97 bits per heavy atom. The molecule has 0 aliphatic carbocycles. The molecule has 1 saturated heterocycles. The van der Waals surface area contributed by atoms with E-state index in [1.54, 1.807) is 13.2 Å². The highest BCUT2D eigenvalue weighted by Gasteiger charge is 2.25. The molecule has 6 heteroatoms. The molecule has 0 unspecified atom stereocenters. The highest BCUT2D eigenvalue weighted by atomic mass is 16.5. The number of aryl methyl sites for hydroxylation is 1. The first-order valence-electron chi connectivity index (χ1n) is 10.7. The van der Waals surface area contributed by atoms with Gasteiger partial charge >= 0.3 is 0 Å². The van der Waals surface area contributed by atoms with Crippen molar-refractivity contribution in [3.63, 3.8) is 0 Å². The Hall–Kier alpha value is -2.57. The van der Waals surface area contributed by atoms with E-state index in [2.05, 4.69) is 40.4 Å². The van der Waals surface area contributed by atoms with Crippen LogP contribution in [0.4, 0.5) is 5.69 Å². The maximum atomic E-state index is 12.9. The van der Waals surface area contributed by atoms with Gasteiger partial charge in [0.1, 0.15) is 5.75 Å². The molecule has 0 spiro atoms. The fraction of sp³-hybridized carbons (Fsp3) is 0.458. The summed E-state index contributed by atoms with van der Waals surface area (Å²) in [5, 5.41) is 3.15. The molecule has 160 valence electrons. The van der Waals surface area contributed by atoms with E-state index < -0.39 is 0 Å². The highest BCUT2D eigenvalue weighted by Crippen LogP contribution is 2.31. The van der Waals surface area contributed by atoms with Gasteiger partial charge in [0, 0.05) is 38.9 Å². The molecule has 1 N–H and O–H groups in total. The number of morpholine rings is 1. The first kappa shape index (κ1) is 20.7. The van der Waals surface area contributed by atoms with Crippen LogP contribution in [-0.2, 0) is 11.2 Å². The number of carbonyl (C=O) groups excluding carboxylic acids is 1. The molecule has 4 rings (SSSR count). The van der Waals surface area contributed by atoms with E-state index in [0.29, 0.717) is 17.9 Å². The molecule has 0 bridgehead atoms. The summed E-state index contributed by atoms with van der Waals surface area (Å²) in [5.74, 6) is 0.484. The number of ether oxygens (including phenoxy) is 2. The fourth-order valence-corrected chi connectivity index (χ4v) is 4.48. The number of nitrogens with one attached hydrogen (secondary N) is 1. The second-order valence-electron chi connectivity index (χ2n) is 7.99. The predicted molar refractivity (Wildman–Crippen MR) is 118 cm³/mol. The van der Waals surface area contributed by atoms with Gasteiger partial charge in [0.2, 0.25) is 0 Å². The second kappa shape index (κ2) is 9.49. The third-order valence-corrected chi connectivity index (χ3v) is 6.13. The molecule has 2 heterocycles. The number of benzene rings is 2. The Morgan fingerprint density at radius 3 is 2.77 bits per heavy atom. The van der Waals surface area contributed by atoms with Gasteiger partial charge in [0.15, 0.2) is 0 Å². The number of para-hydroxylation sites is 1. The van der Waals surface area contributed by atoms with Crippen LogP contribution in [0.3, 0.4) is 0 Å². The standard InChI is InChI=1S/C24H31N3O3/c1-26-11-5-6-18-16-19(9-10-21(18)26)22(27-12-14-30-15-13-27)17-25-24(28)20-7-3-4-8-23(20)29-2/h3-4,7-10,16,22H,5-6,11-15,17H2,1-2H3,(H,25,28)/t22-/m0/s1. The van der Waals surface area contributed by atoms with Crippen molar-refractivity contribution in [3.05, 3.63) is 59.2 Å². The van der Waals surface area contributed by atoms with Gasteiger partial charge < -0.3 is 19.7 Å². The summed E-state index contributed by atoms with van der Waals surface area (Å²) in [6.07, 6.45) is 2.29. The third kappa shape index (κ3) is 4.45. The summed E-state index contributed by atoms with van der Waals surface area (Å²) in [6, 6.07) is 14.2. The van der Waals surface area contributed by atoms with Gasteiger partial charge in [-0.25, -0.2) is 0 Å². The van der Waals surface area contributed by atoms with E-state index in [1.807, 2.05) is 18.2 Å². The van der Waals surface area contributed by atoms with Gasteiger partial charge in [-0.15, -0.1) is 0 Å². The third-order valence-electron chi connectivity index (χ3n) is 6.13. The zero-order valence-corrected chi connectivity index (χ0v) is 17.9. The van der Waals surface area contributed by atoms with Gasteiger partial charge in [-0.1, -0.05) is 24.3 Å². The van der Waals surface area contributed by atoms with Crippen LogP contribution in [0, 0.1) is 0 Å². The van der Waals surface area contributed by atoms with Gasteiger partial charge in [-0.2, -0.15) is 0 Å². The Bertz CT molecular complexity index is 880. The first-order chi connectivity index (χ1) is 14.7. The van der Waals surface area contributed by atoms with Crippen molar-refractivity contribution in [2.45, 2.75) is 18.9 Å². The smallest absolute Gasteiger partial charge is 0.255 e. The Balaban J connectivity index is 1.55.